The Labute approximate surface area is 249 Å². The van der Waals surface area contributed by atoms with Crippen molar-refractivity contribution < 1.29 is 28.7 Å². The van der Waals surface area contributed by atoms with Crippen LogP contribution in [0.1, 0.15) is 136 Å². The van der Waals surface area contributed by atoms with Crippen LogP contribution in [0.4, 0.5) is 0 Å². The van der Waals surface area contributed by atoms with E-state index in [-0.39, 0.29) is 35.5 Å². The van der Waals surface area contributed by atoms with E-state index in [1.807, 2.05) is 0 Å². The molecule has 0 unspecified atom stereocenters. The molecule has 0 amide bonds. The summed E-state index contributed by atoms with van der Waals surface area (Å²) in [6.07, 6.45) is 12.7. The van der Waals surface area contributed by atoms with Crippen molar-refractivity contribution in [2.45, 2.75) is 104 Å². The van der Waals surface area contributed by atoms with E-state index >= 15 is 0 Å². The molecule has 2 aromatic rings. The number of hydrogen-bond donors (Lipinski definition) is 0. The Bertz CT molecular complexity index is 1270. The van der Waals surface area contributed by atoms with Crippen molar-refractivity contribution in [3.8, 4) is 0 Å². The lowest BCUT2D eigenvalue weighted by atomic mass is 9.76. The molecule has 0 radical (unpaired) electrons. The average molecular weight is 571 g/mol. The highest BCUT2D eigenvalue weighted by Crippen LogP contribution is 2.45. The molecule has 2 aromatic carbocycles. The minimum atomic E-state index is -0.454. The van der Waals surface area contributed by atoms with Gasteiger partial charge in [-0.15, -0.1) is 0 Å². The minimum Gasteiger partial charge on any atom is -0.425 e. The summed E-state index contributed by atoms with van der Waals surface area (Å²) in [5.41, 5.74) is 1.35. The first-order chi connectivity index (χ1) is 20.5. The smallest absolute Gasteiger partial charge is 0.311 e. The Morgan fingerprint density at radius 2 is 0.833 bits per heavy atom. The van der Waals surface area contributed by atoms with Gasteiger partial charge in [0, 0.05) is 35.1 Å². The number of carbonyl (C=O) groups is 4. The number of benzene rings is 2. The zero-order valence-electron chi connectivity index (χ0n) is 25.0. The molecule has 0 bridgehead atoms. The van der Waals surface area contributed by atoms with Crippen LogP contribution in [0.15, 0.2) is 59.7 Å². The van der Waals surface area contributed by atoms with Gasteiger partial charge in [0.1, 0.15) is 0 Å². The molecule has 2 aliphatic carbocycles. The number of allylic oxidation sites excluding steroid dienone is 2. The maximum Gasteiger partial charge on any atom is 0.311 e. The van der Waals surface area contributed by atoms with Gasteiger partial charge in [-0.2, -0.15) is 0 Å². The average Bonchev–Trinajstić information content (AvgIpc) is 3.00. The molecule has 6 nitrogen and oxygen atoms in total. The Balaban J connectivity index is 1.66. The lowest BCUT2D eigenvalue weighted by molar-refractivity contribution is -0.137. The lowest BCUT2D eigenvalue weighted by Gasteiger charge is -2.29. The van der Waals surface area contributed by atoms with Gasteiger partial charge in [0.25, 0.3) is 0 Å². The fraction of sp³-hybridized carbons (Fsp3) is 0.444. The van der Waals surface area contributed by atoms with E-state index in [2.05, 4.69) is 13.8 Å². The summed E-state index contributed by atoms with van der Waals surface area (Å²) in [5.74, 6) is -1.65. The van der Waals surface area contributed by atoms with Crippen molar-refractivity contribution >= 4 is 35.0 Å². The van der Waals surface area contributed by atoms with E-state index in [1.165, 1.54) is 12.8 Å². The minimum absolute atomic E-state index is 0.0175. The highest BCUT2D eigenvalue weighted by Gasteiger charge is 2.43. The molecule has 0 spiro atoms. The molecule has 0 saturated carbocycles. The van der Waals surface area contributed by atoms with Gasteiger partial charge in [-0.3, -0.25) is 19.2 Å². The molecule has 222 valence electrons. The van der Waals surface area contributed by atoms with Gasteiger partial charge < -0.3 is 9.47 Å². The highest BCUT2D eigenvalue weighted by atomic mass is 16.5. The third-order valence-electron chi connectivity index (χ3n) is 7.89. The standard InChI is InChI=1S/C36H42O6/c1-3-5-7-9-11-13-23-29(37)41-35-27-21-17-15-19-25(27)34(40)32-31(35)33(39)26-20-16-18-22-28(26)36(32)42-30(38)24-14-12-10-8-6-4-2/h15-22H,3-14,23-24H2,1-2H3. The van der Waals surface area contributed by atoms with Crippen LogP contribution in [-0.4, -0.2) is 23.5 Å². The first-order valence-electron chi connectivity index (χ1n) is 15.7. The third kappa shape index (κ3) is 7.33. The number of fused-ring (bicyclic) bond motifs is 3. The molecular weight excluding hydrogens is 528 g/mol. The van der Waals surface area contributed by atoms with Crippen LogP contribution >= 0.6 is 0 Å². The molecule has 0 atom stereocenters. The number of hydrogen-bond acceptors (Lipinski definition) is 6. The van der Waals surface area contributed by atoms with Gasteiger partial charge in [-0.1, -0.05) is 127 Å². The second-order valence-corrected chi connectivity index (χ2v) is 11.1. The van der Waals surface area contributed by atoms with Gasteiger partial charge in [0.15, 0.2) is 23.1 Å². The molecule has 0 saturated heterocycles. The Kier molecular flexibility index (Phi) is 11.4. The molecule has 4 rings (SSSR count). The van der Waals surface area contributed by atoms with E-state index in [0.29, 0.717) is 35.1 Å². The van der Waals surface area contributed by atoms with Gasteiger partial charge >= 0.3 is 11.9 Å². The lowest BCUT2D eigenvalue weighted by Crippen LogP contribution is -2.28. The topological polar surface area (TPSA) is 86.7 Å². The van der Waals surface area contributed by atoms with Crippen LogP contribution in [0.2, 0.25) is 0 Å². The predicted molar refractivity (Wildman–Crippen MR) is 164 cm³/mol. The summed E-state index contributed by atoms with van der Waals surface area (Å²) in [6.45, 7) is 4.32. The van der Waals surface area contributed by atoms with E-state index < -0.39 is 23.5 Å². The van der Waals surface area contributed by atoms with E-state index in [4.69, 9.17) is 9.47 Å². The first-order valence-corrected chi connectivity index (χ1v) is 15.7. The molecular formula is C36H42O6. The molecule has 42 heavy (non-hydrogen) atoms. The molecule has 0 fully saturated rings. The van der Waals surface area contributed by atoms with Gasteiger partial charge in [0.05, 0.1) is 11.1 Å². The summed E-state index contributed by atoms with van der Waals surface area (Å²) >= 11 is 0. The zero-order chi connectivity index (χ0) is 29.9. The second kappa shape index (κ2) is 15.4. The van der Waals surface area contributed by atoms with Crippen molar-refractivity contribution in [1.29, 1.82) is 0 Å². The monoisotopic (exact) mass is 570 g/mol. The maximum atomic E-state index is 13.9. The maximum absolute atomic E-state index is 13.9. The van der Waals surface area contributed by atoms with Crippen molar-refractivity contribution in [3.63, 3.8) is 0 Å². The van der Waals surface area contributed by atoms with Crippen LogP contribution in [0.25, 0.3) is 11.5 Å². The van der Waals surface area contributed by atoms with Crippen LogP contribution in [0.3, 0.4) is 0 Å². The summed E-state index contributed by atoms with van der Waals surface area (Å²) in [7, 11) is 0. The van der Waals surface area contributed by atoms with Crippen molar-refractivity contribution in [2.24, 2.45) is 0 Å². The Morgan fingerprint density at radius 1 is 0.500 bits per heavy atom. The third-order valence-corrected chi connectivity index (χ3v) is 7.89. The number of ketones is 2. The Hall–Kier alpha value is -3.80. The van der Waals surface area contributed by atoms with Gasteiger partial charge in [-0.05, 0) is 12.8 Å². The van der Waals surface area contributed by atoms with Crippen molar-refractivity contribution in [3.05, 3.63) is 81.9 Å². The quantitative estimate of drug-likeness (QED) is 0.148. The zero-order valence-corrected chi connectivity index (χ0v) is 25.0. The SMILES string of the molecule is CCCCCCCCC(=O)OC1=C2C(=O)c3ccccc3C(OC(=O)CCCCCCCC)=C2C(=O)c2ccccc21. The normalized spacial score (nSPS) is 14.0. The van der Waals surface area contributed by atoms with E-state index in [9.17, 15) is 19.2 Å². The molecule has 0 aromatic heterocycles. The number of carbonyl (C=O) groups excluding carboxylic acids is 4. The van der Waals surface area contributed by atoms with Crippen LogP contribution in [0, 0.1) is 0 Å². The van der Waals surface area contributed by atoms with Gasteiger partial charge in [0.2, 0.25) is 0 Å². The number of esters is 2. The molecule has 0 aliphatic heterocycles. The molecule has 0 heterocycles. The van der Waals surface area contributed by atoms with Crippen LogP contribution in [0.5, 0.6) is 0 Å². The van der Waals surface area contributed by atoms with Crippen LogP contribution in [-0.2, 0) is 19.1 Å². The summed E-state index contributed by atoms with van der Waals surface area (Å²) < 4.78 is 11.8. The highest BCUT2D eigenvalue weighted by molar-refractivity contribution is 6.34. The van der Waals surface area contributed by atoms with Crippen molar-refractivity contribution in [2.75, 3.05) is 0 Å². The van der Waals surface area contributed by atoms with E-state index in [0.717, 1.165) is 51.4 Å². The summed E-state index contributed by atoms with van der Waals surface area (Å²) in [6, 6.07) is 13.6. The summed E-state index contributed by atoms with van der Waals surface area (Å²) in [5, 5.41) is 0. The second-order valence-electron chi connectivity index (χ2n) is 11.1. The fourth-order valence-corrected chi connectivity index (χ4v) is 5.60. The van der Waals surface area contributed by atoms with Crippen LogP contribution < -0.4 is 0 Å². The largest absolute Gasteiger partial charge is 0.425 e. The number of rotatable bonds is 16. The molecule has 2 aliphatic rings. The van der Waals surface area contributed by atoms with E-state index in [1.54, 1.807) is 48.5 Å². The fourth-order valence-electron chi connectivity index (χ4n) is 5.60. The number of ether oxygens (including phenoxy) is 2. The Morgan fingerprint density at radius 3 is 1.21 bits per heavy atom. The van der Waals surface area contributed by atoms with Gasteiger partial charge in [-0.25, -0.2) is 0 Å². The molecule has 0 N–H and O–H groups in total. The first kappa shape index (κ1) is 31.1. The number of Topliss-reactive ketones (excluding diaryl/α,β-unsaturated/α-hetero) is 2. The number of unbranched alkanes of at least 4 members (excludes halogenated alkanes) is 10. The molecule has 6 heteroatoms. The predicted octanol–water partition coefficient (Wildman–Crippen LogP) is 8.79. The summed E-state index contributed by atoms with van der Waals surface area (Å²) in [4.78, 5) is 53.9. The van der Waals surface area contributed by atoms with Crippen molar-refractivity contribution in [1.82, 2.24) is 0 Å².